The highest BCUT2D eigenvalue weighted by molar-refractivity contribution is 7.89. The van der Waals surface area contributed by atoms with Crippen LogP contribution in [0.4, 0.5) is 5.69 Å². The first-order valence-electron chi connectivity index (χ1n) is 6.52. The van der Waals surface area contributed by atoms with E-state index in [1.165, 1.54) is 0 Å². The largest absolute Gasteiger partial charge is 0.399 e. The number of sulfonamides is 1. The van der Waals surface area contributed by atoms with Crippen molar-refractivity contribution in [2.24, 2.45) is 0 Å². The Balaban J connectivity index is 1.88. The Morgan fingerprint density at radius 3 is 2.60 bits per heavy atom. The van der Waals surface area contributed by atoms with E-state index in [1.54, 1.807) is 30.3 Å². The first-order chi connectivity index (χ1) is 9.56. The van der Waals surface area contributed by atoms with Crippen LogP contribution in [-0.4, -0.2) is 8.42 Å². The molecule has 0 amide bonds. The van der Waals surface area contributed by atoms with Gasteiger partial charge < -0.3 is 5.73 Å². The topological polar surface area (TPSA) is 72.2 Å². The van der Waals surface area contributed by atoms with Crippen molar-refractivity contribution in [1.82, 2.24) is 4.72 Å². The van der Waals surface area contributed by atoms with E-state index in [2.05, 4.69) is 4.72 Å². The van der Waals surface area contributed by atoms with Crippen LogP contribution in [0, 0.1) is 0 Å². The van der Waals surface area contributed by atoms with Crippen molar-refractivity contribution in [2.45, 2.75) is 23.8 Å². The minimum atomic E-state index is -3.48. The molecule has 1 aliphatic rings. The Bertz CT molecular complexity index is 727. The number of hydrogen-bond donors (Lipinski definition) is 2. The average molecular weight is 288 g/mol. The molecular weight excluding hydrogens is 272 g/mol. The molecule has 1 atom stereocenters. The number of nitrogens with one attached hydrogen (secondary N) is 1. The molecule has 104 valence electrons. The highest BCUT2D eigenvalue weighted by atomic mass is 32.2. The second kappa shape index (κ2) is 4.92. The van der Waals surface area contributed by atoms with Crippen molar-refractivity contribution < 1.29 is 8.42 Å². The lowest BCUT2D eigenvalue weighted by Gasteiger charge is -2.14. The summed E-state index contributed by atoms with van der Waals surface area (Å²) in [5.41, 5.74) is 8.63. The molecule has 4 nitrogen and oxygen atoms in total. The van der Waals surface area contributed by atoms with Gasteiger partial charge in [-0.3, -0.25) is 0 Å². The summed E-state index contributed by atoms with van der Waals surface area (Å²) in [6, 6.07) is 13.9. The monoisotopic (exact) mass is 288 g/mol. The van der Waals surface area contributed by atoms with Crippen LogP contribution < -0.4 is 10.5 Å². The van der Waals surface area contributed by atoms with Crippen molar-refractivity contribution in [3.8, 4) is 0 Å². The fourth-order valence-electron chi connectivity index (χ4n) is 2.61. The maximum atomic E-state index is 12.3. The molecule has 0 radical (unpaired) electrons. The van der Waals surface area contributed by atoms with Gasteiger partial charge in [0.25, 0.3) is 0 Å². The van der Waals surface area contributed by atoms with E-state index in [0.29, 0.717) is 4.90 Å². The molecule has 1 aliphatic carbocycles. The predicted molar refractivity (Wildman–Crippen MR) is 78.7 cm³/mol. The van der Waals surface area contributed by atoms with Crippen LogP contribution >= 0.6 is 0 Å². The third kappa shape index (κ3) is 2.42. The summed E-state index contributed by atoms with van der Waals surface area (Å²) in [6.45, 7) is 0. The number of benzene rings is 2. The van der Waals surface area contributed by atoms with Crippen LogP contribution in [0.1, 0.15) is 23.6 Å². The summed E-state index contributed by atoms with van der Waals surface area (Å²) in [5.74, 6) is 0. The van der Waals surface area contributed by atoms with E-state index >= 15 is 0 Å². The third-order valence-electron chi connectivity index (χ3n) is 3.60. The Hall–Kier alpha value is -1.85. The fourth-order valence-corrected chi connectivity index (χ4v) is 3.89. The third-order valence-corrected chi connectivity index (χ3v) is 5.08. The van der Waals surface area contributed by atoms with Crippen LogP contribution in [0.5, 0.6) is 0 Å². The second-order valence-electron chi connectivity index (χ2n) is 4.98. The zero-order valence-electron chi connectivity index (χ0n) is 10.9. The van der Waals surface area contributed by atoms with Gasteiger partial charge in [0.15, 0.2) is 0 Å². The molecule has 2 aromatic rings. The van der Waals surface area contributed by atoms with Crippen molar-refractivity contribution in [3.63, 3.8) is 0 Å². The summed E-state index contributed by atoms with van der Waals surface area (Å²) in [7, 11) is -3.48. The summed E-state index contributed by atoms with van der Waals surface area (Å²) < 4.78 is 27.4. The van der Waals surface area contributed by atoms with Gasteiger partial charge in [-0.2, -0.15) is 0 Å². The van der Waals surface area contributed by atoms with Crippen LogP contribution in [0.3, 0.4) is 0 Å². The maximum Gasteiger partial charge on any atom is 0.241 e. The van der Waals surface area contributed by atoms with Gasteiger partial charge in [-0.15, -0.1) is 0 Å². The maximum absolute atomic E-state index is 12.3. The summed E-state index contributed by atoms with van der Waals surface area (Å²) in [5, 5.41) is 0. The van der Waals surface area contributed by atoms with Crippen LogP contribution in [0.15, 0.2) is 53.4 Å². The number of rotatable bonds is 3. The molecule has 0 saturated carbocycles. The van der Waals surface area contributed by atoms with E-state index in [9.17, 15) is 8.42 Å². The SMILES string of the molecule is Nc1ccc2c(c1)CCC2NS(=O)(=O)c1ccccc1. The van der Waals surface area contributed by atoms with E-state index < -0.39 is 10.0 Å². The number of aryl methyl sites for hydroxylation is 1. The quantitative estimate of drug-likeness (QED) is 0.851. The zero-order valence-corrected chi connectivity index (χ0v) is 11.7. The van der Waals surface area contributed by atoms with Crippen LogP contribution in [0.2, 0.25) is 0 Å². The Morgan fingerprint density at radius 1 is 1.10 bits per heavy atom. The van der Waals surface area contributed by atoms with Crippen molar-refractivity contribution in [3.05, 3.63) is 59.7 Å². The van der Waals surface area contributed by atoms with E-state index in [1.807, 2.05) is 18.2 Å². The number of anilines is 1. The number of nitrogen functional groups attached to an aromatic ring is 1. The molecule has 0 spiro atoms. The van der Waals surface area contributed by atoms with Crippen LogP contribution in [-0.2, 0) is 16.4 Å². The first-order valence-corrected chi connectivity index (χ1v) is 8.00. The molecule has 3 N–H and O–H groups in total. The number of fused-ring (bicyclic) bond motifs is 1. The highest BCUT2D eigenvalue weighted by Gasteiger charge is 2.27. The fraction of sp³-hybridized carbons (Fsp3) is 0.200. The lowest BCUT2D eigenvalue weighted by atomic mass is 10.1. The Kier molecular flexibility index (Phi) is 3.23. The van der Waals surface area contributed by atoms with Gasteiger partial charge in [-0.1, -0.05) is 24.3 Å². The lowest BCUT2D eigenvalue weighted by molar-refractivity contribution is 0.554. The predicted octanol–water partition coefficient (Wildman–Crippen LogP) is 2.23. The van der Waals surface area contributed by atoms with Gasteiger partial charge in [0.2, 0.25) is 10.0 Å². The standard InChI is InChI=1S/C15H16N2O2S/c16-12-7-8-14-11(10-12)6-9-15(14)17-20(18,19)13-4-2-1-3-5-13/h1-5,7-8,10,15,17H,6,9,16H2. The molecule has 20 heavy (non-hydrogen) atoms. The molecule has 1 unspecified atom stereocenters. The van der Waals surface area contributed by atoms with Gasteiger partial charge >= 0.3 is 0 Å². The van der Waals surface area contributed by atoms with Crippen molar-refractivity contribution in [1.29, 1.82) is 0 Å². The molecule has 0 aliphatic heterocycles. The Morgan fingerprint density at radius 2 is 1.85 bits per heavy atom. The zero-order chi connectivity index (χ0) is 14.2. The van der Waals surface area contributed by atoms with E-state index in [0.717, 1.165) is 29.7 Å². The smallest absolute Gasteiger partial charge is 0.241 e. The minimum Gasteiger partial charge on any atom is -0.399 e. The van der Waals surface area contributed by atoms with E-state index in [-0.39, 0.29) is 6.04 Å². The summed E-state index contributed by atoms with van der Waals surface area (Å²) in [4.78, 5) is 0.295. The molecule has 2 aromatic carbocycles. The molecule has 0 aromatic heterocycles. The van der Waals surface area contributed by atoms with Crippen molar-refractivity contribution in [2.75, 3.05) is 5.73 Å². The van der Waals surface area contributed by atoms with Crippen molar-refractivity contribution >= 4 is 15.7 Å². The van der Waals surface area contributed by atoms with Gasteiger partial charge in [-0.25, -0.2) is 13.1 Å². The molecule has 5 heteroatoms. The summed E-state index contributed by atoms with van der Waals surface area (Å²) >= 11 is 0. The summed E-state index contributed by atoms with van der Waals surface area (Å²) in [6.07, 6.45) is 1.62. The van der Waals surface area contributed by atoms with Crippen LogP contribution in [0.25, 0.3) is 0 Å². The molecule has 0 bridgehead atoms. The Labute approximate surface area is 118 Å². The van der Waals surface area contributed by atoms with Gasteiger partial charge in [0.05, 0.1) is 4.90 Å². The highest BCUT2D eigenvalue weighted by Crippen LogP contribution is 2.33. The normalized spacial score (nSPS) is 17.9. The second-order valence-corrected chi connectivity index (χ2v) is 6.70. The number of hydrogen-bond acceptors (Lipinski definition) is 3. The van der Waals surface area contributed by atoms with Gasteiger partial charge in [0.1, 0.15) is 0 Å². The van der Waals surface area contributed by atoms with Gasteiger partial charge in [-0.05, 0) is 48.2 Å². The van der Waals surface area contributed by atoms with Gasteiger partial charge in [0, 0.05) is 11.7 Å². The molecule has 3 rings (SSSR count). The first kappa shape index (κ1) is 13.1. The minimum absolute atomic E-state index is 0.171. The lowest BCUT2D eigenvalue weighted by Crippen LogP contribution is -2.27. The number of nitrogens with two attached hydrogens (primary N) is 1. The molecule has 0 heterocycles. The molecular formula is C15H16N2O2S. The van der Waals surface area contributed by atoms with E-state index in [4.69, 9.17) is 5.73 Å². The molecule has 0 saturated heterocycles. The average Bonchev–Trinajstić information content (AvgIpc) is 2.81. The molecule has 0 fully saturated rings.